The first-order valence-electron chi connectivity index (χ1n) is 5.80. The monoisotopic (exact) mass is 402 g/mol. The van der Waals surface area contributed by atoms with Gasteiger partial charge in [-0.2, -0.15) is 0 Å². The van der Waals surface area contributed by atoms with Gasteiger partial charge in [-0.1, -0.05) is 55.6 Å². The summed E-state index contributed by atoms with van der Waals surface area (Å²) in [6.45, 7) is 4.02. The minimum atomic E-state index is -0.741. The quantitative estimate of drug-likeness (QED) is 0.694. The average Bonchev–Trinajstić information content (AvgIpc) is 2.33. The topological polar surface area (TPSA) is 20.2 Å². The van der Waals surface area contributed by atoms with Gasteiger partial charge in [0.2, 0.25) is 0 Å². The highest BCUT2D eigenvalue weighted by Gasteiger charge is 2.17. The van der Waals surface area contributed by atoms with E-state index < -0.39 is 6.10 Å². The van der Waals surface area contributed by atoms with Gasteiger partial charge in [0.25, 0.3) is 0 Å². The first-order valence-corrected chi connectivity index (χ1v) is 7.76. The molecule has 0 aliphatic carbocycles. The number of benzene rings is 2. The minimum Gasteiger partial charge on any atom is -0.384 e. The molecule has 0 saturated carbocycles. The fraction of sp³-hybridized carbons (Fsp3) is 0.200. The van der Waals surface area contributed by atoms with Gasteiger partial charge in [-0.05, 0) is 48.7 Å². The average molecular weight is 405 g/mol. The zero-order chi connectivity index (χ0) is 14.2. The molecular formula is C15H13Br2ClO. The smallest absolute Gasteiger partial charge is 0.107 e. The van der Waals surface area contributed by atoms with Crippen molar-refractivity contribution in [3.8, 4) is 0 Å². The Kier molecular flexibility index (Phi) is 4.72. The normalized spacial score (nSPS) is 12.5. The third-order valence-corrected chi connectivity index (χ3v) is 4.67. The lowest BCUT2D eigenvalue weighted by Gasteiger charge is -2.16. The standard InChI is InChI=1S/C15H13Br2ClO/c1-8-5-12(14(18)6-9(8)2)15(19)11-4-3-10(16)7-13(11)17/h3-7,15,19H,1-2H3. The fourth-order valence-electron chi connectivity index (χ4n) is 1.90. The molecule has 1 N–H and O–H groups in total. The van der Waals surface area contributed by atoms with Gasteiger partial charge in [0.05, 0.1) is 0 Å². The van der Waals surface area contributed by atoms with Crippen molar-refractivity contribution in [1.82, 2.24) is 0 Å². The summed E-state index contributed by atoms with van der Waals surface area (Å²) in [5.41, 5.74) is 3.77. The number of rotatable bonds is 2. The third-order valence-electron chi connectivity index (χ3n) is 3.16. The summed E-state index contributed by atoms with van der Waals surface area (Å²) in [7, 11) is 0. The second kappa shape index (κ2) is 5.96. The Balaban J connectivity index is 2.49. The Morgan fingerprint density at radius 2 is 1.63 bits per heavy atom. The number of hydrogen-bond acceptors (Lipinski definition) is 1. The van der Waals surface area contributed by atoms with E-state index in [0.29, 0.717) is 5.02 Å². The zero-order valence-electron chi connectivity index (χ0n) is 10.5. The van der Waals surface area contributed by atoms with Crippen LogP contribution in [0.5, 0.6) is 0 Å². The van der Waals surface area contributed by atoms with Crippen molar-refractivity contribution in [2.45, 2.75) is 20.0 Å². The van der Waals surface area contributed by atoms with Gasteiger partial charge in [0.15, 0.2) is 0 Å². The number of aryl methyl sites for hydroxylation is 2. The molecule has 0 radical (unpaired) electrons. The second-order valence-electron chi connectivity index (χ2n) is 4.53. The lowest BCUT2D eigenvalue weighted by molar-refractivity contribution is 0.219. The molecule has 2 rings (SSSR count). The Hall–Kier alpha value is -0.350. The van der Waals surface area contributed by atoms with E-state index in [1.807, 2.05) is 44.2 Å². The van der Waals surface area contributed by atoms with Crippen LogP contribution in [0.4, 0.5) is 0 Å². The van der Waals surface area contributed by atoms with Crippen LogP contribution in [0.15, 0.2) is 39.3 Å². The van der Waals surface area contributed by atoms with E-state index in [4.69, 9.17) is 11.6 Å². The summed E-state index contributed by atoms with van der Waals surface area (Å²) in [6.07, 6.45) is -0.741. The maximum absolute atomic E-state index is 10.5. The van der Waals surface area contributed by atoms with E-state index in [2.05, 4.69) is 31.9 Å². The van der Waals surface area contributed by atoms with Gasteiger partial charge in [0, 0.05) is 19.5 Å². The van der Waals surface area contributed by atoms with E-state index in [1.54, 1.807) is 0 Å². The van der Waals surface area contributed by atoms with Gasteiger partial charge in [-0.15, -0.1) is 0 Å². The van der Waals surface area contributed by atoms with Crippen molar-refractivity contribution in [1.29, 1.82) is 0 Å². The molecule has 0 spiro atoms. The van der Waals surface area contributed by atoms with E-state index in [1.165, 1.54) is 0 Å². The van der Waals surface area contributed by atoms with Crippen LogP contribution in [0, 0.1) is 13.8 Å². The van der Waals surface area contributed by atoms with Crippen LogP contribution < -0.4 is 0 Å². The Bertz CT molecular complexity index is 626. The van der Waals surface area contributed by atoms with Crippen molar-refractivity contribution < 1.29 is 5.11 Å². The van der Waals surface area contributed by atoms with Crippen LogP contribution in [-0.4, -0.2) is 5.11 Å². The van der Waals surface area contributed by atoms with E-state index in [9.17, 15) is 5.11 Å². The molecule has 0 aliphatic heterocycles. The Morgan fingerprint density at radius 3 is 2.26 bits per heavy atom. The van der Waals surface area contributed by atoms with Gasteiger partial charge in [0.1, 0.15) is 6.10 Å². The number of aliphatic hydroxyl groups excluding tert-OH is 1. The van der Waals surface area contributed by atoms with Crippen molar-refractivity contribution in [3.05, 3.63) is 66.6 Å². The molecule has 2 aromatic rings. The highest BCUT2D eigenvalue weighted by atomic mass is 79.9. The molecule has 0 aromatic heterocycles. The lowest BCUT2D eigenvalue weighted by atomic mass is 9.98. The zero-order valence-corrected chi connectivity index (χ0v) is 14.5. The molecular weight excluding hydrogens is 391 g/mol. The lowest BCUT2D eigenvalue weighted by Crippen LogP contribution is -2.03. The predicted molar refractivity (Wildman–Crippen MR) is 86.8 cm³/mol. The largest absolute Gasteiger partial charge is 0.384 e. The number of hydrogen-bond donors (Lipinski definition) is 1. The first-order chi connectivity index (χ1) is 8.90. The summed E-state index contributed by atoms with van der Waals surface area (Å²) in [5.74, 6) is 0. The van der Waals surface area contributed by atoms with Crippen LogP contribution >= 0.6 is 43.5 Å². The van der Waals surface area contributed by atoms with Crippen molar-refractivity contribution >= 4 is 43.5 Å². The molecule has 1 nitrogen and oxygen atoms in total. The van der Waals surface area contributed by atoms with Crippen molar-refractivity contribution in [2.75, 3.05) is 0 Å². The van der Waals surface area contributed by atoms with Gasteiger partial charge in [-0.3, -0.25) is 0 Å². The maximum Gasteiger partial charge on any atom is 0.107 e. The van der Waals surface area contributed by atoms with E-state index in [0.717, 1.165) is 31.2 Å². The first kappa shape index (κ1) is 15.0. The molecule has 1 unspecified atom stereocenters. The molecule has 2 aromatic carbocycles. The number of halogens is 3. The summed E-state index contributed by atoms with van der Waals surface area (Å²) in [4.78, 5) is 0. The maximum atomic E-state index is 10.5. The van der Waals surface area contributed by atoms with Crippen LogP contribution in [0.1, 0.15) is 28.4 Å². The molecule has 0 heterocycles. The van der Waals surface area contributed by atoms with Gasteiger partial charge < -0.3 is 5.11 Å². The second-order valence-corrected chi connectivity index (χ2v) is 6.70. The SMILES string of the molecule is Cc1cc(Cl)c(C(O)c2ccc(Br)cc2Br)cc1C. The Morgan fingerprint density at radius 1 is 1.00 bits per heavy atom. The van der Waals surface area contributed by atoms with Crippen molar-refractivity contribution in [2.24, 2.45) is 0 Å². The third kappa shape index (κ3) is 3.22. The summed E-state index contributed by atoms with van der Waals surface area (Å²) >= 11 is 13.1. The molecule has 19 heavy (non-hydrogen) atoms. The Labute approximate surface area is 134 Å². The van der Waals surface area contributed by atoms with Crippen LogP contribution in [0.3, 0.4) is 0 Å². The summed E-state index contributed by atoms with van der Waals surface area (Å²) in [6, 6.07) is 9.52. The molecule has 0 saturated heterocycles. The molecule has 4 heteroatoms. The summed E-state index contributed by atoms with van der Waals surface area (Å²) in [5, 5.41) is 11.1. The minimum absolute atomic E-state index is 0.588. The number of aliphatic hydroxyl groups is 1. The molecule has 0 amide bonds. The molecule has 0 bridgehead atoms. The summed E-state index contributed by atoms with van der Waals surface area (Å²) < 4.78 is 1.81. The van der Waals surface area contributed by atoms with E-state index >= 15 is 0 Å². The highest BCUT2D eigenvalue weighted by Crippen LogP contribution is 2.35. The van der Waals surface area contributed by atoms with E-state index in [-0.39, 0.29) is 0 Å². The van der Waals surface area contributed by atoms with Crippen LogP contribution in [0.25, 0.3) is 0 Å². The van der Waals surface area contributed by atoms with Gasteiger partial charge >= 0.3 is 0 Å². The van der Waals surface area contributed by atoms with Crippen molar-refractivity contribution in [3.63, 3.8) is 0 Å². The van der Waals surface area contributed by atoms with Crippen LogP contribution in [0.2, 0.25) is 5.02 Å². The predicted octanol–water partition coefficient (Wildman–Crippen LogP) is 5.56. The molecule has 1 atom stereocenters. The highest BCUT2D eigenvalue weighted by molar-refractivity contribution is 9.11. The van der Waals surface area contributed by atoms with Gasteiger partial charge in [-0.25, -0.2) is 0 Å². The molecule has 0 fully saturated rings. The fourth-order valence-corrected chi connectivity index (χ4v) is 3.49. The van der Waals surface area contributed by atoms with Crippen LogP contribution in [-0.2, 0) is 0 Å². The molecule has 0 aliphatic rings. The molecule has 100 valence electrons.